The van der Waals surface area contributed by atoms with Gasteiger partial charge in [-0.25, -0.2) is 0 Å². The molecule has 0 fully saturated rings. The van der Waals surface area contributed by atoms with E-state index in [4.69, 9.17) is 19.9 Å². The van der Waals surface area contributed by atoms with E-state index in [1.807, 2.05) is 30.3 Å². The van der Waals surface area contributed by atoms with Crippen LogP contribution in [-0.4, -0.2) is 37.1 Å². The van der Waals surface area contributed by atoms with Crippen LogP contribution >= 0.6 is 0 Å². The Morgan fingerprint density at radius 2 is 1.96 bits per heavy atom. The number of benzene rings is 2. The van der Waals surface area contributed by atoms with E-state index in [1.165, 1.54) is 0 Å². The number of aliphatic hydroxyl groups excluding tert-OH is 1. The molecule has 0 saturated carbocycles. The second kappa shape index (κ2) is 8.75. The Morgan fingerprint density at radius 1 is 1.22 bits per heavy atom. The van der Waals surface area contributed by atoms with Crippen LogP contribution in [0, 0.1) is 5.92 Å². The molecule has 7 heteroatoms. The number of fused-ring (bicyclic) bond motifs is 1. The van der Waals surface area contributed by atoms with Crippen LogP contribution in [0.4, 0.5) is 0 Å². The second-order valence-corrected chi connectivity index (χ2v) is 6.45. The molecule has 0 saturated heterocycles. The highest BCUT2D eigenvalue weighted by atomic mass is 16.7. The Labute approximate surface area is 158 Å². The largest absolute Gasteiger partial charge is 0.491 e. The van der Waals surface area contributed by atoms with Crippen molar-refractivity contribution < 1.29 is 24.1 Å². The fourth-order valence-corrected chi connectivity index (χ4v) is 2.72. The zero-order valence-electron chi connectivity index (χ0n) is 15.1. The maximum Gasteiger partial charge on any atom is 0.231 e. The van der Waals surface area contributed by atoms with Crippen molar-refractivity contribution >= 4 is 5.91 Å². The minimum atomic E-state index is -0.848. The SMILES string of the molecule is CC(C(=O)NCC(O)COc1ccc2c(c1)OCO2)C(N)c1ccccc1. The van der Waals surface area contributed by atoms with E-state index in [1.54, 1.807) is 25.1 Å². The predicted octanol–water partition coefficient (Wildman–Crippen LogP) is 1.61. The smallest absolute Gasteiger partial charge is 0.231 e. The summed E-state index contributed by atoms with van der Waals surface area (Å²) < 4.78 is 16.1. The molecule has 1 amide bonds. The standard InChI is InChI=1S/C20H24N2O5/c1-13(19(21)14-5-3-2-4-6-14)20(24)22-10-15(23)11-25-16-7-8-17-18(9-16)27-12-26-17/h2-9,13,15,19,23H,10-12,21H2,1H3,(H,22,24). The lowest BCUT2D eigenvalue weighted by molar-refractivity contribution is -0.125. The topological polar surface area (TPSA) is 103 Å². The fraction of sp³-hybridized carbons (Fsp3) is 0.350. The van der Waals surface area contributed by atoms with Crippen molar-refractivity contribution in [3.05, 3.63) is 54.1 Å². The molecule has 3 rings (SSSR count). The Balaban J connectivity index is 1.43. The highest BCUT2D eigenvalue weighted by molar-refractivity contribution is 5.79. The summed E-state index contributed by atoms with van der Waals surface area (Å²) in [4.78, 5) is 12.3. The molecule has 1 aliphatic heterocycles. The van der Waals surface area contributed by atoms with Crippen molar-refractivity contribution in [1.29, 1.82) is 0 Å². The summed E-state index contributed by atoms with van der Waals surface area (Å²) in [5, 5.41) is 12.8. The molecule has 2 aromatic carbocycles. The molecule has 3 unspecified atom stereocenters. The Bertz CT molecular complexity index is 768. The maximum absolute atomic E-state index is 12.3. The van der Waals surface area contributed by atoms with Crippen molar-refractivity contribution in [3.63, 3.8) is 0 Å². The molecule has 0 spiro atoms. The minimum absolute atomic E-state index is 0.0407. The number of nitrogens with one attached hydrogen (secondary N) is 1. The molecule has 1 heterocycles. The fourth-order valence-electron chi connectivity index (χ4n) is 2.72. The van der Waals surface area contributed by atoms with Crippen LogP contribution in [0.1, 0.15) is 18.5 Å². The number of ether oxygens (including phenoxy) is 3. The van der Waals surface area contributed by atoms with Gasteiger partial charge in [-0.2, -0.15) is 0 Å². The highest BCUT2D eigenvalue weighted by Gasteiger charge is 2.22. The second-order valence-electron chi connectivity index (χ2n) is 6.45. The van der Waals surface area contributed by atoms with Crippen LogP contribution in [0.5, 0.6) is 17.2 Å². The number of aliphatic hydroxyl groups is 1. The Hall–Kier alpha value is -2.77. The monoisotopic (exact) mass is 372 g/mol. The molecule has 0 aliphatic carbocycles. The third-order valence-corrected chi connectivity index (χ3v) is 4.44. The van der Waals surface area contributed by atoms with Crippen molar-refractivity contribution in [2.75, 3.05) is 19.9 Å². The predicted molar refractivity (Wildman–Crippen MR) is 99.6 cm³/mol. The molecule has 2 aromatic rings. The van der Waals surface area contributed by atoms with Crippen LogP contribution in [0.15, 0.2) is 48.5 Å². The van der Waals surface area contributed by atoms with E-state index in [0.29, 0.717) is 17.2 Å². The van der Waals surface area contributed by atoms with Crippen molar-refractivity contribution in [2.45, 2.75) is 19.1 Å². The van der Waals surface area contributed by atoms with Crippen molar-refractivity contribution in [2.24, 2.45) is 11.7 Å². The minimum Gasteiger partial charge on any atom is -0.491 e. The number of carbonyl (C=O) groups is 1. The summed E-state index contributed by atoms with van der Waals surface area (Å²) in [6.07, 6.45) is -0.848. The normalized spacial score (nSPS) is 15.7. The van der Waals surface area contributed by atoms with Crippen LogP contribution in [-0.2, 0) is 4.79 Å². The van der Waals surface area contributed by atoms with Gasteiger partial charge in [-0.15, -0.1) is 0 Å². The number of carbonyl (C=O) groups excluding carboxylic acids is 1. The van der Waals surface area contributed by atoms with Crippen molar-refractivity contribution in [3.8, 4) is 17.2 Å². The summed E-state index contributed by atoms with van der Waals surface area (Å²) in [5.74, 6) is 1.20. The lowest BCUT2D eigenvalue weighted by atomic mass is 9.94. The van der Waals surface area contributed by atoms with E-state index in [-0.39, 0.29) is 25.9 Å². The zero-order chi connectivity index (χ0) is 19.2. The summed E-state index contributed by atoms with van der Waals surface area (Å²) in [6.45, 7) is 2.08. The van der Waals surface area contributed by atoms with Gasteiger partial charge in [-0.1, -0.05) is 37.3 Å². The number of rotatable bonds is 8. The van der Waals surface area contributed by atoms with Crippen LogP contribution in [0.2, 0.25) is 0 Å². The van der Waals surface area contributed by atoms with Crippen LogP contribution in [0.3, 0.4) is 0 Å². The van der Waals surface area contributed by atoms with Gasteiger partial charge in [0, 0.05) is 18.7 Å². The molecule has 1 aliphatic rings. The molecular formula is C20H24N2O5. The lowest BCUT2D eigenvalue weighted by Crippen LogP contribution is -2.40. The quantitative estimate of drug-likeness (QED) is 0.650. The van der Waals surface area contributed by atoms with Gasteiger partial charge < -0.3 is 30.4 Å². The molecule has 0 bridgehead atoms. The molecule has 4 N–H and O–H groups in total. The van der Waals surface area contributed by atoms with Crippen LogP contribution < -0.4 is 25.3 Å². The zero-order valence-corrected chi connectivity index (χ0v) is 15.1. The summed E-state index contributed by atoms with van der Waals surface area (Å²) in [6, 6.07) is 14.2. The Kier molecular flexibility index (Phi) is 6.16. The van der Waals surface area contributed by atoms with Gasteiger partial charge in [-0.05, 0) is 17.7 Å². The maximum atomic E-state index is 12.3. The third-order valence-electron chi connectivity index (χ3n) is 4.44. The molecule has 7 nitrogen and oxygen atoms in total. The molecular weight excluding hydrogens is 348 g/mol. The molecule has 144 valence electrons. The lowest BCUT2D eigenvalue weighted by Gasteiger charge is -2.21. The summed E-state index contributed by atoms with van der Waals surface area (Å²) >= 11 is 0. The van der Waals surface area contributed by atoms with Gasteiger partial charge in [0.15, 0.2) is 11.5 Å². The first-order valence-electron chi connectivity index (χ1n) is 8.83. The number of amides is 1. The summed E-state index contributed by atoms with van der Waals surface area (Å²) in [7, 11) is 0. The van der Waals surface area contributed by atoms with E-state index in [9.17, 15) is 9.90 Å². The first-order valence-corrected chi connectivity index (χ1v) is 8.83. The van der Waals surface area contributed by atoms with Gasteiger partial charge in [0.1, 0.15) is 18.5 Å². The summed E-state index contributed by atoms with van der Waals surface area (Å²) in [5.41, 5.74) is 7.05. The molecule has 3 atom stereocenters. The number of hydrogen-bond donors (Lipinski definition) is 3. The number of hydrogen-bond acceptors (Lipinski definition) is 6. The van der Waals surface area contributed by atoms with Crippen LogP contribution in [0.25, 0.3) is 0 Å². The van der Waals surface area contributed by atoms with Gasteiger partial charge in [0.05, 0.1) is 5.92 Å². The molecule has 0 radical (unpaired) electrons. The van der Waals surface area contributed by atoms with Gasteiger partial charge in [-0.3, -0.25) is 4.79 Å². The Morgan fingerprint density at radius 3 is 2.74 bits per heavy atom. The van der Waals surface area contributed by atoms with E-state index >= 15 is 0 Å². The molecule has 27 heavy (non-hydrogen) atoms. The van der Waals surface area contributed by atoms with Crippen molar-refractivity contribution in [1.82, 2.24) is 5.32 Å². The number of nitrogens with two attached hydrogens (primary N) is 1. The third kappa shape index (κ3) is 4.90. The van der Waals surface area contributed by atoms with E-state index in [2.05, 4.69) is 5.32 Å². The van der Waals surface area contributed by atoms with Gasteiger partial charge in [0.25, 0.3) is 0 Å². The van der Waals surface area contributed by atoms with E-state index in [0.717, 1.165) is 5.56 Å². The average Bonchev–Trinajstić information content (AvgIpc) is 3.17. The van der Waals surface area contributed by atoms with Gasteiger partial charge in [0.2, 0.25) is 12.7 Å². The average molecular weight is 372 g/mol. The first kappa shape index (κ1) is 19.0. The first-order chi connectivity index (χ1) is 13.0. The molecule has 0 aromatic heterocycles. The van der Waals surface area contributed by atoms with E-state index < -0.39 is 18.1 Å². The van der Waals surface area contributed by atoms with Gasteiger partial charge >= 0.3 is 0 Å². The highest BCUT2D eigenvalue weighted by Crippen LogP contribution is 2.35.